The third-order valence-electron chi connectivity index (χ3n) is 6.74. The summed E-state index contributed by atoms with van der Waals surface area (Å²) < 4.78 is 0. The zero-order valence-electron chi connectivity index (χ0n) is 22.5. The maximum absolute atomic E-state index is 5.18. The number of nitrogens with one attached hydrogen (secondary N) is 1. The Bertz CT molecular complexity index is 1240. The summed E-state index contributed by atoms with van der Waals surface area (Å²) in [6, 6.07) is 23.8. The van der Waals surface area contributed by atoms with E-state index in [-0.39, 0.29) is 12.1 Å². The van der Waals surface area contributed by atoms with Crippen LogP contribution in [0.15, 0.2) is 95.5 Å². The van der Waals surface area contributed by atoms with Gasteiger partial charge in [0.25, 0.3) is 0 Å². The van der Waals surface area contributed by atoms with E-state index in [1.54, 1.807) is 0 Å². The van der Waals surface area contributed by atoms with E-state index in [1.165, 1.54) is 28.0 Å². The number of hydrogen-bond donors (Lipinski definition) is 1. The van der Waals surface area contributed by atoms with Crippen molar-refractivity contribution in [3.8, 4) is 0 Å². The van der Waals surface area contributed by atoms with Crippen molar-refractivity contribution in [2.75, 3.05) is 5.32 Å². The molecule has 0 bridgehead atoms. The van der Waals surface area contributed by atoms with Gasteiger partial charge in [-0.1, -0.05) is 100 Å². The molecule has 3 nitrogen and oxygen atoms in total. The van der Waals surface area contributed by atoms with Crippen molar-refractivity contribution in [2.45, 2.75) is 71.9 Å². The zero-order chi connectivity index (χ0) is 25.7. The third kappa shape index (κ3) is 6.02. The molecule has 0 saturated heterocycles. The van der Waals surface area contributed by atoms with Crippen LogP contribution >= 0.6 is 0 Å². The molecular weight excluding hydrogens is 438 g/mol. The molecule has 4 rings (SSSR count). The van der Waals surface area contributed by atoms with Crippen LogP contribution in [0, 0.1) is 0 Å². The first-order chi connectivity index (χ1) is 17.3. The summed E-state index contributed by atoms with van der Waals surface area (Å²) in [5.74, 6) is 0.823. The maximum Gasteiger partial charge on any atom is 0.0940 e. The van der Waals surface area contributed by atoms with Crippen molar-refractivity contribution in [3.05, 3.63) is 119 Å². The quantitative estimate of drug-likeness (QED) is 0.370. The van der Waals surface area contributed by atoms with E-state index in [1.807, 2.05) is 0 Å². The van der Waals surface area contributed by atoms with Crippen LogP contribution in [0.1, 0.15) is 93.9 Å². The number of benzene rings is 2. The number of hydrogen-bond acceptors (Lipinski definition) is 3. The van der Waals surface area contributed by atoms with Crippen LogP contribution in [0.2, 0.25) is 0 Å². The van der Waals surface area contributed by atoms with Crippen LogP contribution in [-0.4, -0.2) is 16.7 Å². The molecule has 2 heterocycles. The highest BCUT2D eigenvalue weighted by Crippen LogP contribution is 2.36. The Balaban J connectivity index is 1.81. The predicted octanol–water partition coefficient (Wildman–Crippen LogP) is 8.61. The molecule has 36 heavy (non-hydrogen) atoms. The van der Waals surface area contributed by atoms with Gasteiger partial charge in [-0.3, -0.25) is 4.99 Å². The monoisotopic (exact) mass is 477 g/mol. The van der Waals surface area contributed by atoms with Gasteiger partial charge >= 0.3 is 0 Å². The van der Waals surface area contributed by atoms with E-state index in [2.05, 4.69) is 132 Å². The summed E-state index contributed by atoms with van der Waals surface area (Å²) in [5.41, 5.74) is 9.27. The molecule has 186 valence electrons. The van der Waals surface area contributed by atoms with Crippen molar-refractivity contribution in [1.82, 2.24) is 4.98 Å². The highest BCUT2D eigenvalue weighted by Gasteiger charge is 2.22. The lowest BCUT2D eigenvalue weighted by atomic mass is 9.91. The maximum atomic E-state index is 5.18. The average Bonchev–Trinajstić information content (AvgIpc) is 2.85. The molecule has 3 heteroatoms. The van der Waals surface area contributed by atoms with Gasteiger partial charge in [-0.25, -0.2) is 4.98 Å². The first-order valence-electron chi connectivity index (χ1n) is 13.2. The summed E-state index contributed by atoms with van der Waals surface area (Å²) in [4.78, 5) is 10.2. The number of para-hydroxylation sites is 1. The summed E-state index contributed by atoms with van der Waals surface area (Å²) >= 11 is 0. The first kappa shape index (κ1) is 25.6. The Morgan fingerprint density at radius 2 is 1.50 bits per heavy atom. The highest BCUT2D eigenvalue weighted by molar-refractivity contribution is 6.07. The Hall–Kier alpha value is -3.46. The molecule has 0 amide bonds. The van der Waals surface area contributed by atoms with E-state index in [9.17, 15) is 0 Å². The summed E-state index contributed by atoms with van der Waals surface area (Å²) in [7, 11) is 0. The minimum Gasteiger partial charge on any atom is -0.372 e. The number of anilines is 1. The van der Waals surface area contributed by atoms with E-state index in [0.29, 0.717) is 11.8 Å². The van der Waals surface area contributed by atoms with Crippen molar-refractivity contribution < 1.29 is 0 Å². The van der Waals surface area contributed by atoms with Crippen LogP contribution in [0.5, 0.6) is 0 Å². The van der Waals surface area contributed by atoms with Gasteiger partial charge in [0.2, 0.25) is 0 Å². The minimum atomic E-state index is -0.0822. The van der Waals surface area contributed by atoms with Gasteiger partial charge in [-0.05, 0) is 67.0 Å². The molecule has 2 atom stereocenters. The number of allylic oxidation sites excluding steroid dienone is 3. The Labute approximate surface area is 217 Å². The SMILES string of the molecule is C\C1=C/C=C\C(c2cccc(C(Nc3c(C(C)C)cccc3C(C)C)c3ccccc3)n2)=N/C(C)C1. The lowest BCUT2D eigenvalue weighted by Gasteiger charge is -2.27. The second-order valence-electron chi connectivity index (χ2n) is 10.5. The van der Waals surface area contributed by atoms with E-state index < -0.39 is 0 Å². The Morgan fingerprint density at radius 3 is 2.17 bits per heavy atom. The second kappa shape index (κ2) is 11.5. The van der Waals surface area contributed by atoms with Gasteiger partial charge in [-0.15, -0.1) is 0 Å². The van der Waals surface area contributed by atoms with Gasteiger partial charge in [0, 0.05) is 5.69 Å². The lowest BCUT2D eigenvalue weighted by Crippen LogP contribution is -2.18. The number of rotatable bonds is 7. The number of nitrogens with zero attached hydrogens (tertiary/aromatic N) is 2. The molecule has 1 N–H and O–H groups in total. The molecular formula is C33H39N3. The highest BCUT2D eigenvalue weighted by atomic mass is 15.0. The molecule has 0 aliphatic carbocycles. The lowest BCUT2D eigenvalue weighted by molar-refractivity contribution is 0.733. The van der Waals surface area contributed by atoms with Crippen molar-refractivity contribution in [3.63, 3.8) is 0 Å². The standard InChI is InChI=1S/C33H39N3/c1-22(2)27-16-11-17-28(23(3)4)33(27)36-32(26-14-8-7-9-15-26)31-20-12-19-30(35-31)29-18-10-13-24(5)21-25(6)34-29/h7-20,22-23,25,32,36H,21H2,1-6H3/b18-10-,24-13+,34-29+. The van der Waals surface area contributed by atoms with E-state index >= 15 is 0 Å². The van der Waals surface area contributed by atoms with Crippen LogP contribution in [0.4, 0.5) is 5.69 Å². The van der Waals surface area contributed by atoms with Gasteiger partial charge in [-0.2, -0.15) is 0 Å². The Kier molecular flexibility index (Phi) is 8.20. The average molecular weight is 478 g/mol. The van der Waals surface area contributed by atoms with Gasteiger partial charge < -0.3 is 5.32 Å². The number of aromatic nitrogens is 1. The van der Waals surface area contributed by atoms with Crippen molar-refractivity contribution >= 4 is 11.4 Å². The van der Waals surface area contributed by atoms with Crippen LogP contribution < -0.4 is 5.32 Å². The molecule has 0 saturated carbocycles. The third-order valence-corrected chi connectivity index (χ3v) is 6.74. The molecule has 3 aromatic rings. The minimum absolute atomic E-state index is 0.0822. The summed E-state index contributed by atoms with van der Waals surface area (Å²) in [6.07, 6.45) is 7.32. The summed E-state index contributed by atoms with van der Waals surface area (Å²) in [5, 5.41) is 3.95. The topological polar surface area (TPSA) is 37.3 Å². The van der Waals surface area contributed by atoms with Crippen molar-refractivity contribution in [1.29, 1.82) is 0 Å². The molecule has 0 radical (unpaired) electrons. The van der Waals surface area contributed by atoms with Gasteiger partial charge in [0.05, 0.1) is 29.2 Å². The van der Waals surface area contributed by atoms with E-state index in [0.717, 1.165) is 23.5 Å². The predicted molar refractivity (Wildman–Crippen MR) is 154 cm³/mol. The molecule has 0 fully saturated rings. The smallest absolute Gasteiger partial charge is 0.0940 e. The molecule has 1 aliphatic rings. The second-order valence-corrected chi connectivity index (χ2v) is 10.5. The summed E-state index contributed by atoms with van der Waals surface area (Å²) in [6.45, 7) is 13.4. The fourth-order valence-corrected chi connectivity index (χ4v) is 4.91. The molecule has 2 aromatic carbocycles. The molecule has 1 aromatic heterocycles. The molecule has 0 spiro atoms. The molecule has 1 aliphatic heterocycles. The van der Waals surface area contributed by atoms with Gasteiger partial charge in [0.15, 0.2) is 0 Å². The zero-order valence-corrected chi connectivity index (χ0v) is 22.5. The Morgan fingerprint density at radius 1 is 0.833 bits per heavy atom. The van der Waals surface area contributed by atoms with Crippen LogP contribution in [-0.2, 0) is 0 Å². The van der Waals surface area contributed by atoms with Crippen LogP contribution in [0.3, 0.4) is 0 Å². The van der Waals surface area contributed by atoms with Gasteiger partial charge in [0.1, 0.15) is 0 Å². The number of aliphatic imine (C=N–C) groups is 1. The van der Waals surface area contributed by atoms with Crippen LogP contribution in [0.25, 0.3) is 0 Å². The first-order valence-corrected chi connectivity index (χ1v) is 13.2. The fourth-order valence-electron chi connectivity index (χ4n) is 4.91. The molecule has 2 unspecified atom stereocenters. The normalized spacial score (nSPS) is 20.6. The van der Waals surface area contributed by atoms with Crippen molar-refractivity contribution in [2.24, 2.45) is 4.99 Å². The largest absolute Gasteiger partial charge is 0.372 e. The fraction of sp³-hybridized carbons (Fsp3) is 0.333. The number of pyridine rings is 1. The van der Waals surface area contributed by atoms with E-state index in [4.69, 9.17) is 9.98 Å².